The van der Waals surface area contributed by atoms with Crippen molar-refractivity contribution in [3.63, 3.8) is 0 Å². The number of rotatable bonds is 8. The van der Waals surface area contributed by atoms with Crippen LogP contribution in [0.25, 0.3) is 0 Å². The van der Waals surface area contributed by atoms with Gasteiger partial charge in [0, 0.05) is 6.07 Å². The van der Waals surface area contributed by atoms with E-state index in [-0.39, 0.29) is 18.0 Å². The zero-order valence-corrected chi connectivity index (χ0v) is 14.7. The van der Waals surface area contributed by atoms with Gasteiger partial charge in [0.15, 0.2) is 12.4 Å². The van der Waals surface area contributed by atoms with Crippen LogP contribution >= 0.6 is 0 Å². The number of para-hydroxylation sites is 2. The first-order valence-electron chi connectivity index (χ1n) is 8.24. The molecular formula is C19H21N3O4. The number of hydrogen-bond donors (Lipinski definition) is 1. The van der Waals surface area contributed by atoms with E-state index in [0.29, 0.717) is 12.3 Å². The van der Waals surface area contributed by atoms with E-state index >= 15 is 0 Å². The highest BCUT2D eigenvalue weighted by Crippen LogP contribution is 2.25. The van der Waals surface area contributed by atoms with E-state index in [9.17, 15) is 14.9 Å². The average Bonchev–Trinajstić information content (AvgIpc) is 2.64. The Hall–Kier alpha value is -3.22. The highest BCUT2D eigenvalue weighted by molar-refractivity contribution is 6.01. The molecule has 0 saturated carbocycles. The summed E-state index contributed by atoms with van der Waals surface area (Å²) >= 11 is 0. The van der Waals surface area contributed by atoms with Gasteiger partial charge in [0.05, 0.1) is 10.6 Å². The molecule has 0 aromatic heterocycles. The van der Waals surface area contributed by atoms with Crippen LogP contribution in [0.3, 0.4) is 0 Å². The van der Waals surface area contributed by atoms with Crippen molar-refractivity contribution >= 4 is 17.3 Å². The van der Waals surface area contributed by atoms with E-state index < -0.39 is 10.8 Å². The second kappa shape index (κ2) is 9.31. The summed E-state index contributed by atoms with van der Waals surface area (Å²) in [5, 5.41) is 15.2. The average molecular weight is 355 g/mol. The van der Waals surface area contributed by atoms with Crippen molar-refractivity contribution in [2.24, 2.45) is 11.0 Å². The van der Waals surface area contributed by atoms with Crippen molar-refractivity contribution in [2.75, 3.05) is 6.61 Å². The number of amides is 1. The predicted octanol–water partition coefficient (Wildman–Crippen LogP) is 3.54. The summed E-state index contributed by atoms with van der Waals surface area (Å²) in [6.07, 6.45) is 0.704. The topological polar surface area (TPSA) is 93.8 Å². The maximum Gasteiger partial charge on any atom is 0.310 e. The normalized spacial score (nSPS) is 11.3. The lowest BCUT2D eigenvalue weighted by atomic mass is 10.0. The van der Waals surface area contributed by atoms with E-state index in [1.54, 1.807) is 6.07 Å². The molecular weight excluding hydrogens is 334 g/mol. The summed E-state index contributed by atoms with van der Waals surface area (Å²) in [5.74, 6) is -0.0727. The van der Waals surface area contributed by atoms with Gasteiger partial charge in [-0.1, -0.05) is 56.3 Å². The molecule has 0 fully saturated rings. The van der Waals surface area contributed by atoms with Crippen molar-refractivity contribution < 1.29 is 14.5 Å². The third-order valence-corrected chi connectivity index (χ3v) is 3.44. The number of nitrogens with zero attached hydrogens (tertiary/aromatic N) is 2. The Kier molecular flexibility index (Phi) is 6.84. The molecule has 1 amide bonds. The van der Waals surface area contributed by atoms with E-state index in [2.05, 4.69) is 24.4 Å². The van der Waals surface area contributed by atoms with Gasteiger partial charge in [0.2, 0.25) is 0 Å². The number of nitrogens with one attached hydrogen (secondary N) is 1. The van der Waals surface area contributed by atoms with Crippen molar-refractivity contribution in [1.29, 1.82) is 0 Å². The standard InChI is InChI=1S/C19H21N3O4/c1-14(2)12-16(15-8-4-3-5-9-15)20-21-19(23)13-26-18-11-7-6-10-17(18)22(24)25/h3-11,14H,12-13H2,1-2H3,(H,21,23)/b20-16-. The maximum atomic E-state index is 12.0. The Balaban J connectivity index is 2.01. The van der Waals surface area contributed by atoms with Gasteiger partial charge in [-0.3, -0.25) is 14.9 Å². The van der Waals surface area contributed by atoms with Gasteiger partial charge in [-0.15, -0.1) is 0 Å². The minimum atomic E-state index is -0.554. The van der Waals surface area contributed by atoms with E-state index in [1.165, 1.54) is 18.2 Å². The van der Waals surface area contributed by atoms with Gasteiger partial charge in [-0.25, -0.2) is 5.43 Å². The molecule has 1 N–H and O–H groups in total. The SMILES string of the molecule is CC(C)C/C(=N/NC(=O)COc1ccccc1[N+](=O)[O-])c1ccccc1. The van der Waals surface area contributed by atoms with Crippen LogP contribution in [0.4, 0.5) is 5.69 Å². The number of carbonyl (C=O) groups is 1. The number of hydrogen-bond acceptors (Lipinski definition) is 5. The monoisotopic (exact) mass is 355 g/mol. The Morgan fingerprint density at radius 3 is 2.46 bits per heavy atom. The lowest BCUT2D eigenvalue weighted by Gasteiger charge is -2.10. The van der Waals surface area contributed by atoms with Crippen molar-refractivity contribution in [2.45, 2.75) is 20.3 Å². The predicted molar refractivity (Wildman–Crippen MR) is 99.2 cm³/mol. The van der Waals surface area contributed by atoms with Crippen molar-refractivity contribution in [3.05, 3.63) is 70.3 Å². The fraction of sp³-hybridized carbons (Fsp3) is 0.263. The molecule has 0 unspecified atom stereocenters. The molecule has 2 rings (SSSR count). The van der Waals surface area contributed by atoms with Crippen LogP contribution in [0.2, 0.25) is 0 Å². The lowest BCUT2D eigenvalue weighted by Crippen LogP contribution is -2.26. The van der Waals surface area contributed by atoms with Crippen LogP contribution in [0.15, 0.2) is 59.7 Å². The van der Waals surface area contributed by atoms with Crippen LogP contribution in [-0.2, 0) is 4.79 Å². The smallest absolute Gasteiger partial charge is 0.310 e. The number of hydrazone groups is 1. The summed E-state index contributed by atoms with van der Waals surface area (Å²) in [4.78, 5) is 22.4. The maximum absolute atomic E-state index is 12.0. The molecule has 7 nitrogen and oxygen atoms in total. The molecule has 0 bridgehead atoms. The Labute approximate surface area is 151 Å². The van der Waals surface area contributed by atoms with Crippen LogP contribution in [0.5, 0.6) is 5.75 Å². The van der Waals surface area contributed by atoms with Crippen LogP contribution in [-0.4, -0.2) is 23.1 Å². The Bertz CT molecular complexity index is 788. The third-order valence-electron chi connectivity index (χ3n) is 3.44. The number of benzene rings is 2. The Morgan fingerprint density at radius 2 is 1.81 bits per heavy atom. The summed E-state index contributed by atoms with van der Waals surface area (Å²) in [5.41, 5.74) is 3.97. The van der Waals surface area contributed by atoms with Gasteiger partial charge in [-0.2, -0.15) is 5.10 Å². The first-order valence-corrected chi connectivity index (χ1v) is 8.24. The molecule has 0 aliphatic rings. The molecule has 0 spiro atoms. The van der Waals surface area contributed by atoms with Crippen LogP contribution in [0.1, 0.15) is 25.8 Å². The van der Waals surface area contributed by atoms with Crippen LogP contribution < -0.4 is 10.2 Å². The second-order valence-electron chi connectivity index (χ2n) is 6.07. The molecule has 136 valence electrons. The van der Waals surface area contributed by atoms with Gasteiger partial charge in [0.1, 0.15) is 0 Å². The number of nitro benzene ring substituents is 1. The highest BCUT2D eigenvalue weighted by atomic mass is 16.6. The van der Waals surface area contributed by atoms with Crippen molar-refractivity contribution in [3.8, 4) is 5.75 Å². The molecule has 0 aliphatic heterocycles. The fourth-order valence-corrected chi connectivity index (χ4v) is 2.28. The largest absolute Gasteiger partial charge is 0.477 e. The molecule has 26 heavy (non-hydrogen) atoms. The minimum Gasteiger partial charge on any atom is -0.477 e. The molecule has 0 atom stereocenters. The third kappa shape index (κ3) is 5.70. The lowest BCUT2D eigenvalue weighted by molar-refractivity contribution is -0.385. The second-order valence-corrected chi connectivity index (χ2v) is 6.07. The number of ether oxygens (including phenoxy) is 1. The molecule has 0 heterocycles. The van der Waals surface area contributed by atoms with Gasteiger partial charge < -0.3 is 4.74 Å². The van der Waals surface area contributed by atoms with E-state index in [1.807, 2.05) is 30.3 Å². The fourth-order valence-electron chi connectivity index (χ4n) is 2.28. The molecule has 2 aromatic rings. The first kappa shape index (κ1) is 19.1. The van der Waals surface area contributed by atoms with Crippen LogP contribution in [0, 0.1) is 16.0 Å². The van der Waals surface area contributed by atoms with Gasteiger partial charge >= 0.3 is 5.69 Å². The summed E-state index contributed by atoms with van der Waals surface area (Å²) < 4.78 is 5.26. The number of carbonyl (C=O) groups excluding carboxylic acids is 1. The summed E-state index contributed by atoms with van der Waals surface area (Å²) in [7, 11) is 0. The first-order chi connectivity index (χ1) is 12.5. The highest BCUT2D eigenvalue weighted by Gasteiger charge is 2.15. The number of nitro groups is 1. The minimum absolute atomic E-state index is 0.0436. The molecule has 7 heteroatoms. The summed E-state index contributed by atoms with van der Waals surface area (Å²) in [6.45, 7) is 3.77. The van der Waals surface area contributed by atoms with E-state index in [0.717, 1.165) is 11.3 Å². The summed E-state index contributed by atoms with van der Waals surface area (Å²) in [6, 6.07) is 15.5. The Morgan fingerprint density at radius 1 is 1.15 bits per heavy atom. The zero-order chi connectivity index (χ0) is 18.9. The van der Waals surface area contributed by atoms with Gasteiger partial charge in [-0.05, 0) is 24.0 Å². The molecule has 0 radical (unpaired) electrons. The van der Waals surface area contributed by atoms with Gasteiger partial charge in [0.25, 0.3) is 5.91 Å². The molecule has 2 aromatic carbocycles. The van der Waals surface area contributed by atoms with Crippen molar-refractivity contribution in [1.82, 2.24) is 5.43 Å². The quantitative estimate of drug-likeness (QED) is 0.445. The molecule has 0 saturated heterocycles. The molecule has 0 aliphatic carbocycles. The van der Waals surface area contributed by atoms with E-state index in [4.69, 9.17) is 4.74 Å². The zero-order valence-electron chi connectivity index (χ0n) is 14.7.